The maximum atomic E-state index is 8.73. The molecule has 0 aliphatic rings. The molecule has 0 bridgehead atoms. The summed E-state index contributed by atoms with van der Waals surface area (Å²) in [6, 6.07) is 0. The largest absolute Gasteiger partial charge is 0.390 e. The van der Waals surface area contributed by atoms with Gasteiger partial charge in [0.1, 0.15) is 0 Å². The Kier molecular flexibility index (Phi) is 4.51. The Morgan fingerprint density at radius 1 is 1.71 bits per heavy atom. The van der Waals surface area contributed by atoms with Crippen LogP contribution >= 0.6 is 11.3 Å². The van der Waals surface area contributed by atoms with E-state index >= 15 is 0 Å². The van der Waals surface area contributed by atoms with Gasteiger partial charge in [-0.1, -0.05) is 11.0 Å². The summed E-state index contributed by atoms with van der Waals surface area (Å²) in [6.07, 6.45) is 0.526. The third kappa shape index (κ3) is 3.46. The van der Waals surface area contributed by atoms with Crippen molar-refractivity contribution in [2.24, 2.45) is 5.11 Å². The van der Waals surface area contributed by atoms with Crippen LogP contribution in [-0.4, -0.2) is 16.6 Å². The molecular formula is C8H8N4OS. The first kappa shape index (κ1) is 10.5. The lowest BCUT2D eigenvalue weighted by molar-refractivity contribution is 0.277. The molecule has 6 heteroatoms. The molecule has 0 aromatic carbocycles. The van der Waals surface area contributed by atoms with Crippen molar-refractivity contribution in [3.05, 3.63) is 26.5 Å². The topological polar surface area (TPSA) is 81.9 Å². The van der Waals surface area contributed by atoms with E-state index in [2.05, 4.69) is 26.9 Å². The van der Waals surface area contributed by atoms with Crippen molar-refractivity contribution in [1.29, 1.82) is 0 Å². The Morgan fingerprint density at radius 3 is 3.21 bits per heavy atom. The van der Waals surface area contributed by atoms with E-state index in [9.17, 15) is 0 Å². The summed E-state index contributed by atoms with van der Waals surface area (Å²) in [6.45, 7) is 0.318. The zero-order valence-corrected chi connectivity index (χ0v) is 8.16. The molecule has 0 unspecified atom stereocenters. The molecule has 14 heavy (non-hydrogen) atoms. The lowest BCUT2D eigenvalue weighted by Crippen LogP contribution is -1.81. The molecule has 0 fully saturated rings. The molecule has 0 radical (unpaired) electrons. The van der Waals surface area contributed by atoms with Crippen LogP contribution in [0.25, 0.3) is 10.4 Å². The molecule has 0 amide bonds. The molecule has 5 nitrogen and oxygen atoms in total. The number of hydrogen-bond acceptors (Lipinski definition) is 4. The van der Waals surface area contributed by atoms with Crippen LogP contribution in [-0.2, 0) is 6.61 Å². The number of azide groups is 1. The minimum Gasteiger partial charge on any atom is -0.390 e. The Labute approximate surface area is 85.0 Å². The molecule has 1 heterocycles. The number of nitrogens with zero attached hydrogens (tertiary/aromatic N) is 4. The lowest BCUT2D eigenvalue weighted by Gasteiger charge is -1.81. The SMILES string of the molecule is [N-]=[N+]=NCCC#Cc1nc(CO)cs1. The predicted octanol–water partition coefficient (Wildman–Crippen LogP) is 1.69. The van der Waals surface area contributed by atoms with Gasteiger partial charge in [0.25, 0.3) is 0 Å². The molecule has 0 atom stereocenters. The molecule has 1 aromatic rings. The van der Waals surface area contributed by atoms with E-state index in [1.165, 1.54) is 11.3 Å². The van der Waals surface area contributed by atoms with Crippen LogP contribution in [0.4, 0.5) is 0 Å². The lowest BCUT2D eigenvalue weighted by atomic mass is 10.4. The van der Waals surface area contributed by atoms with Gasteiger partial charge in [-0.05, 0) is 11.5 Å². The second-order valence-electron chi connectivity index (χ2n) is 2.31. The third-order valence-corrected chi connectivity index (χ3v) is 2.12. The molecule has 1 N–H and O–H groups in total. The normalized spacial score (nSPS) is 8.64. The highest BCUT2D eigenvalue weighted by Gasteiger charge is 1.95. The zero-order chi connectivity index (χ0) is 10.2. The van der Waals surface area contributed by atoms with Gasteiger partial charge in [-0.2, -0.15) is 0 Å². The van der Waals surface area contributed by atoms with Crippen LogP contribution in [0.2, 0.25) is 0 Å². The van der Waals surface area contributed by atoms with Gasteiger partial charge in [0.15, 0.2) is 5.01 Å². The highest BCUT2D eigenvalue weighted by Crippen LogP contribution is 2.07. The van der Waals surface area contributed by atoms with Crippen LogP contribution in [0.5, 0.6) is 0 Å². The maximum Gasteiger partial charge on any atom is 0.167 e. The highest BCUT2D eigenvalue weighted by molar-refractivity contribution is 7.10. The van der Waals surface area contributed by atoms with Crippen molar-refractivity contribution in [3.63, 3.8) is 0 Å². The quantitative estimate of drug-likeness (QED) is 0.269. The fraction of sp³-hybridized carbons (Fsp3) is 0.375. The van der Waals surface area contributed by atoms with Crippen molar-refractivity contribution < 1.29 is 5.11 Å². The van der Waals surface area contributed by atoms with E-state index in [-0.39, 0.29) is 6.61 Å². The molecule has 1 rings (SSSR count). The van der Waals surface area contributed by atoms with E-state index in [1.807, 2.05) is 0 Å². The minimum atomic E-state index is -0.0586. The summed E-state index contributed by atoms with van der Waals surface area (Å²) in [4.78, 5) is 6.65. The van der Waals surface area contributed by atoms with Crippen molar-refractivity contribution in [3.8, 4) is 11.8 Å². The maximum absolute atomic E-state index is 8.73. The molecule has 0 aliphatic heterocycles. The molecule has 0 aliphatic carbocycles. The molecule has 72 valence electrons. The van der Waals surface area contributed by atoms with Crippen molar-refractivity contribution in [2.45, 2.75) is 13.0 Å². The van der Waals surface area contributed by atoms with Crippen LogP contribution in [0.3, 0.4) is 0 Å². The first-order chi connectivity index (χ1) is 6.86. The summed E-state index contributed by atoms with van der Waals surface area (Å²) < 4.78 is 0. The summed E-state index contributed by atoms with van der Waals surface area (Å²) in [7, 11) is 0. The predicted molar refractivity (Wildman–Crippen MR) is 53.5 cm³/mol. The number of aliphatic hydroxyl groups is 1. The van der Waals surface area contributed by atoms with Crippen LogP contribution in [0.1, 0.15) is 17.1 Å². The van der Waals surface area contributed by atoms with Gasteiger partial charge in [0.2, 0.25) is 0 Å². The second kappa shape index (κ2) is 6.00. The average molecular weight is 208 g/mol. The summed E-state index contributed by atoms with van der Waals surface area (Å²) >= 11 is 1.39. The molecular weight excluding hydrogens is 200 g/mol. The van der Waals surface area contributed by atoms with Crippen LogP contribution < -0.4 is 0 Å². The summed E-state index contributed by atoms with van der Waals surface area (Å²) in [5, 5.41) is 14.5. The van der Waals surface area contributed by atoms with Gasteiger partial charge in [-0.15, -0.1) is 11.3 Å². The first-order valence-corrected chi connectivity index (χ1v) is 4.79. The average Bonchev–Trinajstić information content (AvgIpc) is 2.65. The highest BCUT2D eigenvalue weighted by atomic mass is 32.1. The van der Waals surface area contributed by atoms with E-state index in [1.54, 1.807) is 5.38 Å². The Bertz CT molecular complexity index is 397. The van der Waals surface area contributed by atoms with E-state index in [0.717, 1.165) is 0 Å². The van der Waals surface area contributed by atoms with E-state index in [0.29, 0.717) is 23.7 Å². The van der Waals surface area contributed by atoms with Crippen LogP contribution in [0, 0.1) is 11.8 Å². The van der Waals surface area contributed by atoms with Crippen molar-refractivity contribution >= 4 is 11.3 Å². The Morgan fingerprint density at radius 2 is 2.57 bits per heavy atom. The monoisotopic (exact) mass is 208 g/mol. The Hall–Kier alpha value is -1.54. The number of hydrogen-bond donors (Lipinski definition) is 1. The van der Waals surface area contributed by atoms with E-state index in [4.69, 9.17) is 10.6 Å². The van der Waals surface area contributed by atoms with Gasteiger partial charge < -0.3 is 5.11 Å². The van der Waals surface area contributed by atoms with Crippen molar-refractivity contribution in [1.82, 2.24) is 4.98 Å². The minimum absolute atomic E-state index is 0.0586. The third-order valence-electron chi connectivity index (χ3n) is 1.31. The standard InChI is InChI=1S/C8H8N4OS/c9-12-10-4-2-1-3-8-11-7(5-13)6-14-8/h6,13H,2,4-5H2. The van der Waals surface area contributed by atoms with Crippen LogP contribution in [0.15, 0.2) is 10.5 Å². The van der Waals surface area contributed by atoms with Crippen molar-refractivity contribution in [2.75, 3.05) is 6.54 Å². The van der Waals surface area contributed by atoms with E-state index < -0.39 is 0 Å². The van der Waals surface area contributed by atoms with Gasteiger partial charge in [-0.3, -0.25) is 0 Å². The zero-order valence-electron chi connectivity index (χ0n) is 7.34. The van der Waals surface area contributed by atoms with Gasteiger partial charge in [-0.25, -0.2) is 4.98 Å². The molecule has 0 spiro atoms. The Balaban J connectivity index is 2.46. The van der Waals surface area contributed by atoms with Gasteiger partial charge in [0, 0.05) is 23.3 Å². The molecule has 1 aromatic heterocycles. The number of rotatable bonds is 3. The first-order valence-electron chi connectivity index (χ1n) is 3.92. The van der Waals surface area contributed by atoms with Gasteiger partial charge in [0.05, 0.1) is 12.3 Å². The fourth-order valence-electron chi connectivity index (χ4n) is 0.726. The number of thiazole rings is 1. The number of aliphatic hydroxyl groups excluding tert-OH is 1. The smallest absolute Gasteiger partial charge is 0.167 e. The molecule has 0 saturated heterocycles. The summed E-state index contributed by atoms with van der Waals surface area (Å²) in [5.74, 6) is 5.65. The fourth-order valence-corrected chi connectivity index (χ4v) is 1.40. The van der Waals surface area contributed by atoms with Gasteiger partial charge >= 0.3 is 0 Å². The molecule has 0 saturated carbocycles. The second-order valence-corrected chi connectivity index (χ2v) is 3.17. The summed E-state index contributed by atoms with van der Waals surface area (Å²) in [5.41, 5.74) is 8.62. The number of aromatic nitrogens is 1.